The van der Waals surface area contributed by atoms with Gasteiger partial charge in [-0.25, -0.2) is 0 Å². The normalized spacial score (nSPS) is 20.5. The Morgan fingerprint density at radius 2 is 2.32 bits per heavy atom. The van der Waals surface area contributed by atoms with E-state index in [1.807, 2.05) is 4.52 Å². The van der Waals surface area contributed by atoms with Crippen LogP contribution in [0.25, 0.3) is 4.96 Å². The lowest BCUT2D eigenvalue weighted by molar-refractivity contribution is 0.357. The van der Waals surface area contributed by atoms with E-state index < -0.39 is 0 Å². The number of hydrogen-bond donors (Lipinski definition) is 1. The van der Waals surface area contributed by atoms with Crippen molar-refractivity contribution in [3.05, 3.63) is 10.8 Å². The minimum absolute atomic E-state index is 0.368. The Bertz CT molecular complexity index is 538. The summed E-state index contributed by atoms with van der Waals surface area (Å²) in [5, 5.41) is 17.7. The number of aryl methyl sites for hydroxylation is 1. The van der Waals surface area contributed by atoms with Gasteiger partial charge in [-0.05, 0) is 38.3 Å². The van der Waals surface area contributed by atoms with E-state index in [1.165, 1.54) is 37.4 Å². The van der Waals surface area contributed by atoms with Crippen LogP contribution in [0, 0.1) is 5.92 Å². The summed E-state index contributed by atoms with van der Waals surface area (Å²) in [6.07, 6.45) is 4.97. The zero-order valence-corrected chi connectivity index (χ0v) is 12.4. The molecule has 1 saturated heterocycles. The van der Waals surface area contributed by atoms with Crippen LogP contribution in [0.3, 0.4) is 0 Å². The fourth-order valence-corrected chi connectivity index (χ4v) is 3.49. The van der Waals surface area contributed by atoms with E-state index in [0.29, 0.717) is 5.92 Å². The van der Waals surface area contributed by atoms with E-state index in [4.69, 9.17) is 0 Å². The van der Waals surface area contributed by atoms with E-state index in [1.54, 1.807) is 11.3 Å². The predicted molar refractivity (Wildman–Crippen MR) is 76.7 cm³/mol. The van der Waals surface area contributed by atoms with Crippen LogP contribution < -0.4 is 5.32 Å². The highest BCUT2D eigenvalue weighted by Crippen LogP contribution is 2.22. The van der Waals surface area contributed by atoms with Crippen LogP contribution in [-0.4, -0.2) is 32.9 Å². The summed E-state index contributed by atoms with van der Waals surface area (Å²) >= 11 is 1.68. The number of piperidine rings is 1. The summed E-state index contributed by atoms with van der Waals surface area (Å²) in [6.45, 7) is 6.61. The standard InChI is InChI=1S/C13H21N5S/c1-9(2)12-15-16-13-18(12)17-11(19-13)6-5-10-4-3-7-14-8-10/h9-10,14H,3-8H2,1-2H3. The number of hydrogen-bond acceptors (Lipinski definition) is 5. The maximum Gasteiger partial charge on any atom is 0.234 e. The average molecular weight is 279 g/mol. The van der Waals surface area contributed by atoms with Crippen molar-refractivity contribution in [2.45, 2.75) is 45.4 Å². The number of nitrogens with one attached hydrogen (secondary N) is 1. The van der Waals surface area contributed by atoms with Gasteiger partial charge in [-0.1, -0.05) is 25.2 Å². The Balaban J connectivity index is 1.67. The fourth-order valence-electron chi connectivity index (χ4n) is 2.63. The highest BCUT2D eigenvalue weighted by Gasteiger charge is 2.16. The first-order chi connectivity index (χ1) is 9.24. The predicted octanol–water partition coefficient (Wildman–Crippen LogP) is 2.24. The molecule has 104 valence electrons. The third kappa shape index (κ3) is 2.79. The quantitative estimate of drug-likeness (QED) is 0.932. The van der Waals surface area contributed by atoms with Crippen molar-refractivity contribution < 1.29 is 0 Å². The molecule has 6 heteroatoms. The molecule has 1 fully saturated rings. The molecule has 0 saturated carbocycles. The summed E-state index contributed by atoms with van der Waals surface area (Å²) < 4.78 is 1.92. The lowest BCUT2D eigenvalue weighted by Gasteiger charge is -2.21. The molecule has 1 unspecified atom stereocenters. The van der Waals surface area contributed by atoms with Crippen LogP contribution in [0.5, 0.6) is 0 Å². The van der Waals surface area contributed by atoms with Crippen molar-refractivity contribution >= 4 is 16.3 Å². The fraction of sp³-hybridized carbons (Fsp3) is 0.769. The largest absolute Gasteiger partial charge is 0.316 e. The maximum absolute atomic E-state index is 4.67. The average Bonchev–Trinajstić information content (AvgIpc) is 2.96. The minimum Gasteiger partial charge on any atom is -0.316 e. The molecular weight excluding hydrogens is 258 g/mol. The molecule has 0 amide bonds. The zero-order valence-electron chi connectivity index (χ0n) is 11.6. The summed E-state index contributed by atoms with van der Waals surface area (Å²) in [5.74, 6) is 2.15. The molecule has 5 nitrogen and oxygen atoms in total. The second-order valence-electron chi connectivity index (χ2n) is 5.65. The first-order valence-corrected chi connectivity index (χ1v) is 7.97. The molecule has 0 bridgehead atoms. The molecule has 0 radical (unpaired) electrons. The minimum atomic E-state index is 0.368. The van der Waals surface area contributed by atoms with E-state index >= 15 is 0 Å². The van der Waals surface area contributed by atoms with Crippen LogP contribution >= 0.6 is 11.3 Å². The Labute approximate surface area is 117 Å². The zero-order chi connectivity index (χ0) is 13.2. The van der Waals surface area contributed by atoms with Crippen LogP contribution in [0.2, 0.25) is 0 Å². The first kappa shape index (κ1) is 13.0. The molecule has 2 aromatic rings. The lowest BCUT2D eigenvalue weighted by Crippen LogP contribution is -2.29. The summed E-state index contributed by atoms with van der Waals surface area (Å²) in [6, 6.07) is 0. The van der Waals surface area contributed by atoms with Gasteiger partial charge in [0.05, 0.1) is 0 Å². The monoisotopic (exact) mass is 279 g/mol. The summed E-state index contributed by atoms with van der Waals surface area (Å²) in [7, 11) is 0. The molecule has 1 N–H and O–H groups in total. The van der Waals surface area contributed by atoms with E-state index in [9.17, 15) is 0 Å². The molecule has 3 heterocycles. The Hall–Kier alpha value is -1.01. The van der Waals surface area contributed by atoms with Crippen LogP contribution in [0.4, 0.5) is 0 Å². The number of fused-ring (bicyclic) bond motifs is 1. The third-order valence-corrected chi connectivity index (χ3v) is 4.70. The van der Waals surface area contributed by atoms with Gasteiger partial charge in [0.2, 0.25) is 4.96 Å². The van der Waals surface area contributed by atoms with Crippen molar-refractivity contribution in [1.29, 1.82) is 0 Å². The number of aromatic nitrogens is 4. The van der Waals surface area contributed by atoms with Gasteiger partial charge in [-0.3, -0.25) is 0 Å². The Morgan fingerprint density at radius 3 is 3.05 bits per heavy atom. The van der Waals surface area contributed by atoms with Gasteiger partial charge in [-0.15, -0.1) is 10.2 Å². The SMILES string of the molecule is CC(C)c1nnc2sc(CCC3CCCNC3)nn12. The summed E-state index contributed by atoms with van der Waals surface area (Å²) in [4.78, 5) is 0.931. The topological polar surface area (TPSA) is 55.1 Å². The maximum atomic E-state index is 4.67. The molecule has 0 aromatic carbocycles. The van der Waals surface area contributed by atoms with Gasteiger partial charge in [0.25, 0.3) is 0 Å². The molecule has 0 aliphatic carbocycles. The Kier molecular flexibility index (Phi) is 3.79. The molecule has 19 heavy (non-hydrogen) atoms. The lowest BCUT2D eigenvalue weighted by atomic mass is 9.95. The van der Waals surface area contributed by atoms with Crippen LogP contribution in [0.1, 0.15) is 49.9 Å². The van der Waals surface area contributed by atoms with E-state index in [2.05, 4.69) is 34.5 Å². The number of rotatable bonds is 4. The van der Waals surface area contributed by atoms with Crippen molar-refractivity contribution in [2.75, 3.05) is 13.1 Å². The van der Waals surface area contributed by atoms with E-state index in [0.717, 1.165) is 23.1 Å². The van der Waals surface area contributed by atoms with Crippen LogP contribution in [0.15, 0.2) is 0 Å². The van der Waals surface area contributed by atoms with Crippen molar-refractivity contribution in [3.8, 4) is 0 Å². The molecule has 1 atom stereocenters. The van der Waals surface area contributed by atoms with Gasteiger partial charge in [0.15, 0.2) is 5.82 Å². The smallest absolute Gasteiger partial charge is 0.234 e. The van der Waals surface area contributed by atoms with Crippen molar-refractivity contribution in [1.82, 2.24) is 25.1 Å². The van der Waals surface area contributed by atoms with Crippen molar-refractivity contribution in [3.63, 3.8) is 0 Å². The Morgan fingerprint density at radius 1 is 1.42 bits per heavy atom. The third-order valence-electron chi connectivity index (χ3n) is 3.74. The molecule has 0 spiro atoms. The molecular formula is C13H21N5S. The molecule has 1 aliphatic rings. The second kappa shape index (κ2) is 5.54. The summed E-state index contributed by atoms with van der Waals surface area (Å²) in [5.41, 5.74) is 0. The first-order valence-electron chi connectivity index (χ1n) is 7.16. The number of nitrogens with zero attached hydrogens (tertiary/aromatic N) is 4. The van der Waals surface area contributed by atoms with Gasteiger partial charge in [-0.2, -0.15) is 9.61 Å². The van der Waals surface area contributed by atoms with Crippen LogP contribution in [-0.2, 0) is 6.42 Å². The molecule has 2 aromatic heterocycles. The van der Waals surface area contributed by atoms with Gasteiger partial charge >= 0.3 is 0 Å². The van der Waals surface area contributed by atoms with Gasteiger partial charge in [0.1, 0.15) is 5.01 Å². The second-order valence-corrected chi connectivity index (χ2v) is 6.69. The van der Waals surface area contributed by atoms with Gasteiger partial charge < -0.3 is 5.32 Å². The van der Waals surface area contributed by atoms with Crippen molar-refractivity contribution in [2.24, 2.45) is 5.92 Å². The highest BCUT2D eigenvalue weighted by molar-refractivity contribution is 7.16. The van der Waals surface area contributed by atoms with E-state index in [-0.39, 0.29) is 0 Å². The highest BCUT2D eigenvalue weighted by atomic mass is 32.1. The molecule has 3 rings (SSSR count). The molecule has 1 aliphatic heterocycles. The van der Waals surface area contributed by atoms with Gasteiger partial charge in [0, 0.05) is 12.3 Å².